The molecule has 1 aromatic rings. The van der Waals surface area contributed by atoms with E-state index in [2.05, 4.69) is 10.6 Å². The molecule has 1 fully saturated rings. The summed E-state index contributed by atoms with van der Waals surface area (Å²) >= 11 is 0. The van der Waals surface area contributed by atoms with Crippen LogP contribution in [0.15, 0.2) is 18.2 Å². The molecule has 0 saturated heterocycles. The van der Waals surface area contributed by atoms with E-state index in [4.69, 9.17) is 5.26 Å². The number of benzene rings is 1. The van der Waals surface area contributed by atoms with Gasteiger partial charge < -0.3 is 15.7 Å². The fourth-order valence-electron chi connectivity index (χ4n) is 2.47. The predicted octanol–water partition coefficient (Wildman–Crippen LogP) is 1.80. The summed E-state index contributed by atoms with van der Waals surface area (Å²) in [5, 5.41) is 24.0. The molecule has 2 rings (SSSR count). The van der Waals surface area contributed by atoms with E-state index < -0.39 is 17.4 Å². The maximum Gasteiger partial charge on any atom is 0.315 e. The number of carbonyl (C=O) groups is 1. The van der Waals surface area contributed by atoms with E-state index in [1.807, 2.05) is 6.07 Å². The van der Waals surface area contributed by atoms with Gasteiger partial charge in [0.1, 0.15) is 5.82 Å². The molecule has 1 aliphatic rings. The fourth-order valence-corrected chi connectivity index (χ4v) is 2.47. The molecule has 2 amide bonds. The van der Waals surface area contributed by atoms with Gasteiger partial charge in [0.25, 0.3) is 0 Å². The van der Waals surface area contributed by atoms with Gasteiger partial charge in [-0.15, -0.1) is 0 Å². The molecule has 0 radical (unpaired) electrons. The zero-order valence-corrected chi connectivity index (χ0v) is 11.7. The Kier molecular flexibility index (Phi) is 4.76. The highest BCUT2D eigenvalue weighted by molar-refractivity contribution is 5.73. The Morgan fingerprint density at radius 2 is 2.10 bits per heavy atom. The lowest BCUT2D eigenvalue weighted by molar-refractivity contribution is 0.0501. The summed E-state index contributed by atoms with van der Waals surface area (Å²) in [5.74, 6) is -0.469. The van der Waals surface area contributed by atoms with Crippen molar-refractivity contribution in [2.24, 2.45) is 0 Å². The maximum atomic E-state index is 13.5. The SMILES string of the molecule is N#Cc1ccc(F)c(CNC(=O)NCC2(O)CCCC2)c1. The minimum atomic E-state index is -0.816. The second-order valence-electron chi connectivity index (χ2n) is 5.39. The molecular formula is C15H18FN3O2. The van der Waals surface area contributed by atoms with E-state index in [-0.39, 0.29) is 18.7 Å². The van der Waals surface area contributed by atoms with Crippen LogP contribution in [0.1, 0.15) is 36.8 Å². The van der Waals surface area contributed by atoms with Crippen LogP contribution in [0.5, 0.6) is 0 Å². The van der Waals surface area contributed by atoms with Crippen molar-refractivity contribution in [3.8, 4) is 6.07 Å². The second kappa shape index (κ2) is 6.55. The minimum absolute atomic E-state index is 0.00832. The van der Waals surface area contributed by atoms with Gasteiger partial charge in [0.05, 0.1) is 17.2 Å². The molecule has 0 unspecified atom stereocenters. The Balaban J connectivity index is 1.82. The number of hydrogen-bond donors (Lipinski definition) is 3. The number of amides is 2. The molecule has 1 aliphatic carbocycles. The van der Waals surface area contributed by atoms with E-state index in [0.29, 0.717) is 18.4 Å². The summed E-state index contributed by atoms with van der Waals surface area (Å²) in [4.78, 5) is 11.7. The number of hydrogen-bond acceptors (Lipinski definition) is 3. The molecule has 3 N–H and O–H groups in total. The van der Waals surface area contributed by atoms with Gasteiger partial charge in [-0.3, -0.25) is 0 Å². The molecule has 0 atom stereocenters. The molecule has 1 aromatic carbocycles. The second-order valence-corrected chi connectivity index (χ2v) is 5.39. The van der Waals surface area contributed by atoms with E-state index in [1.165, 1.54) is 18.2 Å². The molecule has 1 saturated carbocycles. The number of nitrogens with zero attached hydrogens (tertiary/aromatic N) is 1. The van der Waals surface area contributed by atoms with Gasteiger partial charge in [0, 0.05) is 18.7 Å². The average molecular weight is 291 g/mol. The lowest BCUT2D eigenvalue weighted by atomic mass is 10.0. The van der Waals surface area contributed by atoms with Gasteiger partial charge >= 0.3 is 6.03 Å². The molecular weight excluding hydrogens is 273 g/mol. The van der Waals surface area contributed by atoms with Crippen molar-refractivity contribution < 1.29 is 14.3 Å². The van der Waals surface area contributed by atoms with E-state index in [1.54, 1.807) is 0 Å². The normalized spacial score (nSPS) is 16.2. The van der Waals surface area contributed by atoms with Gasteiger partial charge in [0.2, 0.25) is 0 Å². The number of nitrogens with one attached hydrogen (secondary N) is 2. The van der Waals surface area contributed by atoms with Crippen molar-refractivity contribution in [2.75, 3.05) is 6.54 Å². The van der Waals surface area contributed by atoms with Crippen LogP contribution in [0.3, 0.4) is 0 Å². The van der Waals surface area contributed by atoms with Crippen molar-refractivity contribution in [3.05, 3.63) is 35.1 Å². The lowest BCUT2D eigenvalue weighted by Gasteiger charge is -2.22. The predicted molar refractivity (Wildman–Crippen MR) is 74.8 cm³/mol. The van der Waals surface area contributed by atoms with Crippen LogP contribution in [0.2, 0.25) is 0 Å². The van der Waals surface area contributed by atoms with Crippen LogP contribution in [0, 0.1) is 17.1 Å². The smallest absolute Gasteiger partial charge is 0.315 e. The Morgan fingerprint density at radius 1 is 1.38 bits per heavy atom. The summed E-state index contributed by atoms with van der Waals surface area (Å²) in [6.07, 6.45) is 3.30. The van der Waals surface area contributed by atoms with Crippen LogP contribution in [-0.2, 0) is 6.54 Å². The molecule has 0 spiro atoms. The first-order valence-corrected chi connectivity index (χ1v) is 6.95. The number of rotatable bonds is 4. The molecule has 6 heteroatoms. The Morgan fingerprint density at radius 3 is 2.76 bits per heavy atom. The lowest BCUT2D eigenvalue weighted by Crippen LogP contribution is -2.44. The van der Waals surface area contributed by atoms with Crippen molar-refractivity contribution in [1.29, 1.82) is 5.26 Å². The highest BCUT2D eigenvalue weighted by atomic mass is 19.1. The molecule has 0 bridgehead atoms. The zero-order valence-electron chi connectivity index (χ0n) is 11.7. The summed E-state index contributed by atoms with van der Waals surface area (Å²) in [7, 11) is 0. The molecule has 5 nitrogen and oxygen atoms in total. The quantitative estimate of drug-likeness (QED) is 0.790. The summed E-state index contributed by atoms with van der Waals surface area (Å²) in [5.41, 5.74) is -0.221. The number of urea groups is 1. The summed E-state index contributed by atoms with van der Waals surface area (Å²) in [6, 6.07) is 5.45. The van der Waals surface area contributed by atoms with E-state index in [0.717, 1.165) is 12.8 Å². The van der Waals surface area contributed by atoms with E-state index in [9.17, 15) is 14.3 Å². The summed E-state index contributed by atoms with van der Waals surface area (Å²) in [6.45, 7) is 0.186. The fraction of sp³-hybridized carbons (Fsp3) is 0.467. The first-order valence-electron chi connectivity index (χ1n) is 6.95. The highest BCUT2D eigenvalue weighted by Gasteiger charge is 2.31. The van der Waals surface area contributed by atoms with Crippen LogP contribution in [0.4, 0.5) is 9.18 Å². The first kappa shape index (κ1) is 15.3. The van der Waals surface area contributed by atoms with Crippen molar-refractivity contribution in [3.63, 3.8) is 0 Å². The number of carbonyl (C=O) groups excluding carboxylic acids is 1. The van der Waals surface area contributed by atoms with E-state index >= 15 is 0 Å². The molecule has 0 aliphatic heterocycles. The third-order valence-corrected chi connectivity index (χ3v) is 3.73. The van der Waals surface area contributed by atoms with Crippen molar-refractivity contribution in [1.82, 2.24) is 10.6 Å². The van der Waals surface area contributed by atoms with Crippen LogP contribution in [0.25, 0.3) is 0 Å². The topological polar surface area (TPSA) is 85.2 Å². The number of nitriles is 1. The standard InChI is InChI=1S/C15H18FN3O2/c16-13-4-3-11(8-17)7-12(13)9-18-14(20)19-10-15(21)5-1-2-6-15/h3-4,7,21H,1-2,5-6,9-10H2,(H2,18,19,20). The maximum absolute atomic E-state index is 13.5. The zero-order chi connectivity index (χ0) is 15.3. The summed E-state index contributed by atoms with van der Waals surface area (Å²) < 4.78 is 13.5. The Hall–Kier alpha value is -2.13. The molecule has 112 valence electrons. The van der Waals surface area contributed by atoms with Crippen LogP contribution in [-0.4, -0.2) is 23.3 Å². The minimum Gasteiger partial charge on any atom is -0.388 e. The largest absolute Gasteiger partial charge is 0.388 e. The Bertz CT molecular complexity index is 563. The third kappa shape index (κ3) is 4.17. The van der Waals surface area contributed by atoms with Crippen molar-refractivity contribution >= 4 is 6.03 Å². The van der Waals surface area contributed by atoms with Gasteiger partial charge in [0.15, 0.2) is 0 Å². The average Bonchev–Trinajstić information content (AvgIpc) is 2.91. The number of aliphatic hydroxyl groups is 1. The molecule has 0 aromatic heterocycles. The Labute approximate surface area is 122 Å². The monoisotopic (exact) mass is 291 g/mol. The van der Waals surface area contributed by atoms with Gasteiger partial charge in [-0.1, -0.05) is 12.8 Å². The van der Waals surface area contributed by atoms with Gasteiger partial charge in [-0.2, -0.15) is 5.26 Å². The van der Waals surface area contributed by atoms with Gasteiger partial charge in [-0.05, 0) is 31.0 Å². The molecule has 0 heterocycles. The van der Waals surface area contributed by atoms with Crippen molar-refractivity contribution in [2.45, 2.75) is 37.8 Å². The highest BCUT2D eigenvalue weighted by Crippen LogP contribution is 2.28. The third-order valence-electron chi connectivity index (χ3n) is 3.73. The first-order chi connectivity index (χ1) is 10.0. The van der Waals surface area contributed by atoms with Gasteiger partial charge in [-0.25, -0.2) is 9.18 Å². The van der Waals surface area contributed by atoms with Crippen LogP contribution >= 0.6 is 0 Å². The number of halogens is 1. The molecule has 21 heavy (non-hydrogen) atoms. The van der Waals surface area contributed by atoms with Crippen LogP contribution < -0.4 is 10.6 Å².